The van der Waals surface area contributed by atoms with Crippen molar-refractivity contribution in [2.24, 2.45) is 4.99 Å². The van der Waals surface area contributed by atoms with Crippen LogP contribution in [-0.4, -0.2) is 38.6 Å². The predicted octanol–water partition coefficient (Wildman–Crippen LogP) is 4.45. The summed E-state index contributed by atoms with van der Waals surface area (Å²) in [6, 6.07) is 12.0. The normalized spacial score (nSPS) is 17.3. The monoisotopic (exact) mass is 440 g/mol. The topological polar surface area (TPSA) is 105 Å². The molecule has 1 heterocycles. The lowest BCUT2D eigenvalue weighted by Crippen LogP contribution is -2.33. The van der Waals surface area contributed by atoms with Crippen LogP contribution in [0.25, 0.3) is 0 Å². The number of nitro benzene ring substituents is 1. The zero-order valence-corrected chi connectivity index (χ0v) is 18.4. The van der Waals surface area contributed by atoms with E-state index in [9.17, 15) is 19.7 Å². The van der Waals surface area contributed by atoms with Gasteiger partial charge >= 0.3 is 0 Å². The number of thioether (sulfide) groups is 1. The molecule has 1 unspecified atom stereocenters. The van der Waals surface area contributed by atoms with Crippen molar-refractivity contribution in [1.29, 1.82) is 0 Å². The number of non-ortho nitro benzene ring substituents is 1. The van der Waals surface area contributed by atoms with Crippen LogP contribution in [0, 0.1) is 17.0 Å². The average Bonchev–Trinajstić information content (AvgIpc) is 3.03. The van der Waals surface area contributed by atoms with E-state index in [0.717, 1.165) is 12.0 Å². The summed E-state index contributed by atoms with van der Waals surface area (Å²) >= 11 is 1.21. The van der Waals surface area contributed by atoms with Crippen molar-refractivity contribution >= 4 is 45.8 Å². The molecule has 0 spiro atoms. The van der Waals surface area contributed by atoms with Crippen LogP contribution >= 0.6 is 11.8 Å². The van der Waals surface area contributed by atoms with Gasteiger partial charge in [-0.1, -0.05) is 36.9 Å². The molecule has 1 atom stereocenters. The number of benzene rings is 2. The second-order valence-electron chi connectivity index (χ2n) is 7.11. The predicted molar refractivity (Wildman–Crippen MR) is 123 cm³/mol. The lowest BCUT2D eigenvalue weighted by molar-refractivity contribution is -0.384. The van der Waals surface area contributed by atoms with E-state index in [-0.39, 0.29) is 23.9 Å². The van der Waals surface area contributed by atoms with Crippen LogP contribution in [0.2, 0.25) is 0 Å². The van der Waals surface area contributed by atoms with E-state index in [1.807, 2.05) is 31.2 Å². The van der Waals surface area contributed by atoms with Gasteiger partial charge in [-0.25, -0.2) is 4.99 Å². The summed E-state index contributed by atoms with van der Waals surface area (Å²) in [5.74, 6) is -0.440. The Morgan fingerprint density at radius 1 is 1.23 bits per heavy atom. The minimum absolute atomic E-state index is 0.0163. The molecule has 2 aromatic carbocycles. The highest BCUT2D eigenvalue weighted by atomic mass is 32.2. The maximum absolute atomic E-state index is 12.8. The van der Waals surface area contributed by atoms with E-state index in [0.29, 0.717) is 23.1 Å². The third kappa shape index (κ3) is 5.29. The van der Waals surface area contributed by atoms with E-state index in [1.165, 1.54) is 34.4 Å². The van der Waals surface area contributed by atoms with Gasteiger partial charge in [0.2, 0.25) is 11.8 Å². The Morgan fingerprint density at radius 3 is 2.55 bits per heavy atom. The third-order valence-electron chi connectivity index (χ3n) is 4.97. The summed E-state index contributed by atoms with van der Waals surface area (Å²) in [4.78, 5) is 41.9. The van der Waals surface area contributed by atoms with Gasteiger partial charge in [-0.2, -0.15) is 0 Å². The fourth-order valence-corrected chi connectivity index (χ4v) is 4.37. The van der Waals surface area contributed by atoms with E-state index in [4.69, 9.17) is 0 Å². The Hall–Kier alpha value is -3.20. The molecular formula is C22H24N4O4S. The number of carbonyl (C=O) groups is 2. The number of nitrogens with zero attached hydrogens (tertiary/aromatic N) is 3. The van der Waals surface area contributed by atoms with Crippen molar-refractivity contribution in [3.8, 4) is 0 Å². The molecule has 0 bridgehead atoms. The number of aryl methyl sites for hydroxylation is 2. The van der Waals surface area contributed by atoms with Gasteiger partial charge in [-0.3, -0.25) is 24.6 Å². The van der Waals surface area contributed by atoms with Gasteiger partial charge in [-0.05, 0) is 43.5 Å². The minimum atomic E-state index is -0.590. The van der Waals surface area contributed by atoms with Crippen LogP contribution in [0.1, 0.15) is 31.4 Å². The van der Waals surface area contributed by atoms with Crippen molar-refractivity contribution < 1.29 is 14.5 Å². The van der Waals surface area contributed by atoms with Gasteiger partial charge in [0, 0.05) is 30.8 Å². The van der Waals surface area contributed by atoms with Gasteiger partial charge in [-0.15, -0.1) is 0 Å². The highest BCUT2D eigenvalue weighted by Crippen LogP contribution is 2.33. The maximum Gasteiger partial charge on any atom is 0.271 e. The molecule has 1 saturated heterocycles. The number of aliphatic imine (C=N–C) groups is 1. The van der Waals surface area contributed by atoms with Crippen LogP contribution in [0.4, 0.5) is 17.1 Å². The Labute approximate surface area is 184 Å². The second kappa shape index (κ2) is 9.74. The number of nitrogens with one attached hydrogen (secondary N) is 1. The number of hydrogen-bond donors (Lipinski definition) is 1. The second-order valence-corrected chi connectivity index (χ2v) is 8.28. The number of carbonyl (C=O) groups excluding carboxylic acids is 2. The molecule has 1 fully saturated rings. The Balaban J connectivity index is 1.75. The number of hydrogen-bond acceptors (Lipinski definition) is 6. The van der Waals surface area contributed by atoms with Gasteiger partial charge in [0.1, 0.15) is 5.25 Å². The van der Waals surface area contributed by atoms with E-state index < -0.39 is 10.2 Å². The van der Waals surface area contributed by atoms with E-state index in [2.05, 4.69) is 17.2 Å². The summed E-state index contributed by atoms with van der Waals surface area (Å²) in [6.07, 6.45) is 0.933. The fraction of sp³-hybridized carbons (Fsp3) is 0.318. The molecule has 1 N–H and O–H groups in total. The summed E-state index contributed by atoms with van der Waals surface area (Å²) < 4.78 is 0. The van der Waals surface area contributed by atoms with E-state index in [1.54, 1.807) is 13.0 Å². The smallest absolute Gasteiger partial charge is 0.271 e. The van der Waals surface area contributed by atoms with Crippen LogP contribution in [0.3, 0.4) is 0 Å². The molecule has 0 aliphatic carbocycles. The largest absolute Gasteiger partial charge is 0.326 e. The summed E-state index contributed by atoms with van der Waals surface area (Å²) in [7, 11) is 0. The first-order chi connectivity index (χ1) is 14.8. The van der Waals surface area contributed by atoms with Crippen molar-refractivity contribution in [3.05, 3.63) is 63.7 Å². The third-order valence-corrected chi connectivity index (χ3v) is 6.15. The first kappa shape index (κ1) is 22.5. The van der Waals surface area contributed by atoms with Crippen LogP contribution in [-0.2, 0) is 16.0 Å². The maximum atomic E-state index is 12.8. The lowest BCUT2D eigenvalue weighted by Gasteiger charge is -2.13. The Morgan fingerprint density at radius 2 is 1.94 bits per heavy atom. The van der Waals surface area contributed by atoms with Gasteiger partial charge < -0.3 is 5.32 Å². The Bertz CT molecular complexity index is 1040. The average molecular weight is 441 g/mol. The molecule has 0 aromatic heterocycles. The van der Waals surface area contributed by atoms with Crippen molar-refractivity contribution in [3.63, 3.8) is 0 Å². The van der Waals surface area contributed by atoms with E-state index >= 15 is 0 Å². The SMILES string of the molecule is CCc1ccc(NC(=O)CC2SC(=Nc3cc([N+](=O)[O-])ccc3C)N(CC)C2=O)cc1. The quantitative estimate of drug-likeness (QED) is 0.506. The van der Waals surface area contributed by atoms with Crippen molar-refractivity contribution in [1.82, 2.24) is 4.90 Å². The highest BCUT2D eigenvalue weighted by Gasteiger charge is 2.38. The first-order valence-electron chi connectivity index (χ1n) is 10.0. The van der Waals surface area contributed by atoms with Gasteiger partial charge in [0.25, 0.3) is 5.69 Å². The molecule has 162 valence electrons. The summed E-state index contributed by atoms with van der Waals surface area (Å²) in [5, 5.41) is 13.8. The number of amidine groups is 1. The molecule has 9 heteroatoms. The molecule has 2 aromatic rings. The zero-order chi connectivity index (χ0) is 22.5. The molecular weight excluding hydrogens is 416 g/mol. The minimum Gasteiger partial charge on any atom is -0.326 e. The van der Waals surface area contributed by atoms with Crippen LogP contribution in [0.5, 0.6) is 0 Å². The molecule has 1 aliphatic heterocycles. The molecule has 1 aliphatic rings. The standard InChI is InChI=1S/C22H24N4O4S/c1-4-15-7-9-16(10-8-15)23-20(27)13-19-21(28)25(5-2)22(31-19)24-18-12-17(26(29)30)11-6-14(18)3/h6-12,19H,4-5,13H2,1-3H3,(H,23,27). The lowest BCUT2D eigenvalue weighted by atomic mass is 10.1. The number of anilines is 1. The van der Waals surface area contributed by atoms with Gasteiger partial charge in [0.05, 0.1) is 10.6 Å². The van der Waals surface area contributed by atoms with Gasteiger partial charge in [0.15, 0.2) is 5.17 Å². The number of amides is 2. The van der Waals surface area contributed by atoms with Crippen LogP contribution < -0.4 is 5.32 Å². The summed E-state index contributed by atoms with van der Waals surface area (Å²) in [5.41, 5.74) is 3.00. The first-order valence-corrected chi connectivity index (χ1v) is 10.9. The molecule has 31 heavy (non-hydrogen) atoms. The Kier molecular flexibility index (Phi) is 7.06. The molecule has 0 radical (unpaired) electrons. The number of rotatable bonds is 7. The molecule has 0 saturated carbocycles. The zero-order valence-electron chi connectivity index (χ0n) is 17.6. The molecule has 8 nitrogen and oxygen atoms in total. The summed E-state index contributed by atoms with van der Waals surface area (Å²) in [6.45, 7) is 6.08. The van der Waals surface area contributed by atoms with Crippen molar-refractivity contribution in [2.75, 3.05) is 11.9 Å². The fourth-order valence-electron chi connectivity index (χ4n) is 3.16. The highest BCUT2D eigenvalue weighted by molar-refractivity contribution is 8.15. The number of nitro groups is 1. The van der Waals surface area contributed by atoms with Crippen LogP contribution in [0.15, 0.2) is 47.5 Å². The molecule has 3 rings (SSSR count). The van der Waals surface area contributed by atoms with Crippen molar-refractivity contribution in [2.45, 2.75) is 38.9 Å². The molecule has 2 amide bonds.